The van der Waals surface area contributed by atoms with Gasteiger partial charge in [-0.05, 0) is 82.6 Å². The molecule has 0 aliphatic carbocycles. The van der Waals surface area contributed by atoms with E-state index in [1.807, 2.05) is 34.8 Å². The molecule has 6 heteroatoms. The molecule has 0 N–H and O–H groups in total. The van der Waals surface area contributed by atoms with E-state index in [0.29, 0.717) is 17.5 Å². The van der Waals surface area contributed by atoms with Crippen LogP contribution in [0.2, 0.25) is 0 Å². The zero-order valence-electron chi connectivity index (χ0n) is 29.2. The molecule has 0 amide bonds. The van der Waals surface area contributed by atoms with E-state index in [1.54, 1.807) is 0 Å². The zero-order chi connectivity index (χ0) is 36.0. The maximum atomic E-state index is 6.60. The summed E-state index contributed by atoms with van der Waals surface area (Å²) in [4.78, 5) is 15.6. The van der Waals surface area contributed by atoms with Crippen LogP contribution in [-0.2, 0) is 0 Å². The third-order valence-corrected chi connectivity index (χ3v) is 13.0. The molecule has 0 aliphatic heterocycles. The Morgan fingerprint density at radius 1 is 0.345 bits per heavy atom. The van der Waals surface area contributed by atoms with Crippen LogP contribution in [0.15, 0.2) is 168 Å². The van der Waals surface area contributed by atoms with Gasteiger partial charge >= 0.3 is 0 Å². The number of benzene rings is 8. The van der Waals surface area contributed by atoms with Gasteiger partial charge in [0.05, 0.1) is 0 Å². The van der Waals surface area contributed by atoms with Crippen molar-refractivity contribution >= 4 is 95.7 Å². The molecule has 256 valence electrons. The quantitative estimate of drug-likeness (QED) is 0.180. The summed E-state index contributed by atoms with van der Waals surface area (Å²) in [6.07, 6.45) is 0. The van der Waals surface area contributed by atoms with Crippen LogP contribution in [0, 0.1) is 0 Å². The van der Waals surface area contributed by atoms with E-state index < -0.39 is 0 Å². The van der Waals surface area contributed by atoms with Gasteiger partial charge in [-0.15, -0.1) is 22.7 Å². The van der Waals surface area contributed by atoms with Crippen LogP contribution in [0.25, 0.3) is 118 Å². The first kappa shape index (κ1) is 30.7. The number of furan rings is 1. The highest BCUT2D eigenvalue weighted by Gasteiger charge is 2.19. The molecule has 4 nitrogen and oxygen atoms in total. The summed E-state index contributed by atoms with van der Waals surface area (Å²) >= 11 is 3.64. The molecular formula is C49H27N3OS2. The van der Waals surface area contributed by atoms with Crippen LogP contribution in [0.5, 0.6) is 0 Å². The van der Waals surface area contributed by atoms with Gasteiger partial charge in [-0.3, -0.25) is 0 Å². The summed E-state index contributed by atoms with van der Waals surface area (Å²) in [5, 5.41) is 9.38. The maximum Gasteiger partial charge on any atom is 0.164 e. The van der Waals surface area contributed by atoms with Gasteiger partial charge in [0, 0.05) is 67.8 Å². The second-order valence-electron chi connectivity index (χ2n) is 14.0. The average molecular weight is 738 g/mol. The number of aromatic nitrogens is 3. The predicted octanol–water partition coefficient (Wildman–Crippen LogP) is 14.3. The number of fused-ring (bicyclic) bond motifs is 10. The Hall–Kier alpha value is -6.73. The summed E-state index contributed by atoms with van der Waals surface area (Å²) in [6.45, 7) is 0. The Labute approximate surface area is 322 Å². The molecule has 0 saturated heterocycles. The van der Waals surface area contributed by atoms with E-state index in [1.165, 1.54) is 51.3 Å². The van der Waals surface area contributed by atoms with Gasteiger partial charge in [-0.2, -0.15) is 0 Å². The summed E-state index contributed by atoms with van der Waals surface area (Å²) in [5.74, 6) is 1.87. The Morgan fingerprint density at radius 2 is 0.945 bits per heavy atom. The molecule has 0 fully saturated rings. The van der Waals surface area contributed by atoms with Crippen molar-refractivity contribution in [1.82, 2.24) is 15.0 Å². The number of nitrogens with zero attached hydrogens (tertiary/aromatic N) is 3. The predicted molar refractivity (Wildman–Crippen MR) is 232 cm³/mol. The van der Waals surface area contributed by atoms with Crippen molar-refractivity contribution in [2.24, 2.45) is 0 Å². The van der Waals surface area contributed by atoms with Crippen molar-refractivity contribution < 1.29 is 4.42 Å². The standard InChI is InChI=1S/C49H27N3OS2/c1-2-9-29-24-32(17-16-28(29)8-1)47-50-48(33-20-23-44-39(25-33)35-11-4-6-15-43(35)54-44)52-49(51-47)38-12-7-13-40-46(38)37-22-19-30(26-41(37)53-40)31-18-21-36-34-10-3-5-14-42(34)55-45(36)27-31/h1-27H. The maximum absolute atomic E-state index is 6.60. The highest BCUT2D eigenvalue weighted by Crippen LogP contribution is 2.41. The van der Waals surface area contributed by atoms with Crippen LogP contribution < -0.4 is 0 Å². The van der Waals surface area contributed by atoms with Crippen LogP contribution in [0.3, 0.4) is 0 Å². The Balaban J connectivity index is 1.03. The molecule has 0 unspecified atom stereocenters. The smallest absolute Gasteiger partial charge is 0.164 e. The van der Waals surface area contributed by atoms with Crippen molar-refractivity contribution in [1.29, 1.82) is 0 Å². The fourth-order valence-corrected chi connectivity index (χ4v) is 10.3. The summed E-state index contributed by atoms with van der Waals surface area (Å²) in [7, 11) is 0. The fraction of sp³-hybridized carbons (Fsp3) is 0. The molecule has 12 rings (SSSR count). The third kappa shape index (κ3) is 4.92. The van der Waals surface area contributed by atoms with Gasteiger partial charge in [0.1, 0.15) is 11.2 Å². The molecule has 55 heavy (non-hydrogen) atoms. The Morgan fingerprint density at radius 3 is 1.78 bits per heavy atom. The molecule has 0 aliphatic rings. The number of thiophene rings is 2. The summed E-state index contributed by atoms with van der Waals surface area (Å²) < 4.78 is 11.7. The van der Waals surface area contributed by atoms with Crippen LogP contribution in [-0.4, -0.2) is 15.0 Å². The van der Waals surface area contributed by atoms with Crippen LogP contribution in [0.1, 0.15) is 0 Å². The number of rotatable bonds is 4. The first-order valence-electron chi connectivity index (χ1n) is 18.2. The minimum atomic E-state index is 0.607. The third-order valence-electron chi connectivity index (χ3n) is 10.7. The molecule has 8 aromatic carbocycles. The minimum Gasteiger partial charge on any atom is -0.456 e. The summed E-state index contributed by atoms with van der Waals surface area (Å²) in [6, 6.07) is 58.0. The molecule has 0 atom stereocenters. The van der Waals surface area contributed by atoms with Gasteiger partial charge in [0.2, 0.25) is 0 Å². The average Bonchev–Trinajstić information content (AvgIpc) is 3.93. The summed E-state index contributed by atoms with van der Waals surface area (Å²) in [5.41, 5.74) is 6.70. The second-order valence-corrected chi connectivity index (χ2v) is 16.1. The van der Waals surface area contributed by atoms with E-state index in [4.69, 9.17) is 19.4 Å². The minimum absolute atomic E-state index is 0.607. The topological polar surface area (TPSA) is 51.8 Å². The van der Waals surface area contributed by atoms with Crippen LogP contribution >= 0.6 is 22.7 Å². The van der Waals surface area contributed by atoms with E-state index in [-0.39, 0.29) is 0 Å². The Kier molecular flexibility index (Phi) is 6.64. The van der Waals surface area contributed by atoms with Crippen LogP contribution in [0.4, 0.5) is 0 Å². The highest BCUT2D eigenvalue weighted by molar-refractivity contribution is 7.26. The lowest BCUT2D eigenvalue weighted by molar-refractivity contribution is 0.669. The van der Waals surface area contributed by atoms with Gasteiger partial charge < -0.3 is 4.42 Å². The molecule has 0 bridgehead atoms. The van der Waals surface area contributed by atoms with Gasteiger partial charge in [-0.1, -0.05) is 103 Å². The van der Waals surface area contributed by atoms with Gasteiger partial charge in [0.25, 0.3) is 0 Å². The molecule has 12 aromatic rings. The van der Waals surface area contributed by atoms with Crippen molar-refractivity contribution in [2.75, 3.05) is 0 Å². The molecule has 4 aromatic heterocycles. The second kappa shape index (κ2) is 11.9. The highest BCUT2D eigenvalue weighted by atomic mass is 32.1. The molecule has 0 radical (unpaired) electrons. The van der Waals surface area contributed by atoms with Crippen molar-refractivity contribution in [3.8, 4) is 45.3 Å². The molecule has 4 heterocycles. The van der Waals surface area contributed by atoms with Gasteiger partial charge in [0.15, 0.2) is 17.5 Å². The molecule has 0 saturated carbocycles. The Bertz CT molecular complexity index is 3520. The number of hydrogen-bond acceptors (Lipinski definition) is 6. The van der Waals surface area contributed by atoms with E-state index in [0.717, 1.165) is 49.6 Å². The van der Waals surface area contributed by atoms with Gasteiger partial charge in [-0.25, -0.2) is 15.0 Å². The number of hydrogen-bond donors (Lipinski definition) is 0. The fourth-order valence-electron chi connectivity index (χ4n) is 8.05. The largest absolute Gasteiger partial charge is 0.456 e. The van der Waals surface area contributed by atoms with Crippen molar-refractivity contribution in [2.45, 2.75) is 0 Å². The lowest BCUT2D eigenvalue weighted by Crippen LogP contribution is -2.00. The monoisotopic (exact) mass is 737 g/mol. The molecular weight excluding hydrogens is 711 g/mol. The SMILES string of the molecule is c1ccc2cc(-c3nc(-c4ccc5sc6ccccc6c5c4)nc(-c4cccc5oc6cc(-c7ccc8c(c7)sc7ccccc78)ccc6c45)n3)ccc2c1. The van der Waals surface area contributed by atoms with Crippen molar-refractivity contribution in [3.63, 3.8) is 0 Å². The first-order valence-corrected chi connectivity index (χ1v) is 19.9. The lowest BCUT2D eigenvalue weighted by Gasteiger charge is -2.10. The van der Waals surface area contributed by atoms with E-state index >= 15 is 0 Å². The van der Waals surface area contributed by atoms with E-state index in [9.17, 15) is 0 Å². The normalized spacial score (nSPS) is 12.0. The van der Waals surface area contributed by atoms with Crippen molar-refractivity contribution in [3.05, 3.63) is 164 Å². The zero-order valence-corrected chi connectivity index (χ0v) is 30.8. The molecule has 0 spiro atoms. The lowest BCUT2D eigenvalue weighted by atomic mass is 10.0. The van der Waals surface area contributed by atoms with E-state index in [2.05, 4.69) is 152 Å². The first-order chi connectivity index (χ1) is 27.2.